The number of fused-ring (bicyclic) bond motifs is 2. The first-order valence-electron chi connectivity index (χ1n) is 8.49. The van der Waals surface area contributed by atoms with Gasteiger partial charge in [0.15, 0.2) is 0 Å². The van der Waals surface area contributed by atoms with E-state index in [-0.39, 0.29) is 5.91 Å². The molecule has 0 N–H and O–H groups in total. The number of amides is 1. The van der Waals surface area contributed by atoms with Crippen LogP contribution < -0.4 is 4.90 Å². The van der Waals surface area contributed by atoms with E-state index in [4.69, 9.17) is 11.6 Å². The Morgan fingerprint density at radius 1 is 0.962 bits per heavy atom. The van der Waals surface area contributed by atoms with Crippen molar-refractivity contribution in [1.29, 1.82) is 0 Å². The van der Waals surface area contributed by atoms with Crippen molar-refractivity contribution in [2.45, 2.75) is 24.1 Å². The minimum Gasteiger partial charge on any atom is -0.307 e. The Morgan fingerprint density at radius 2 is 1.77 bits per heavy atom. The van der Waals surface area contributed by atoms with Crippen LogP contribution in [0.1, 0.15) is 18.1 Å². The summed E-state index contributed by atoms with van der Waals surface area (Å²) in [4.78, 5) is 15.2. The normalized spacial score (nSPS) is 13.4. The quantitative estimate of drug-likeness (QED) is 0.504. The maximum atomic E-state index is 12.3. The molecule has 1 aliphatic rings. The van der Waals surface area contributed by atoms with Crippen LogP contribution in [-0.4, -0.2) is 5.91 Å². The highest BCUT2D eigenvalue weighted by atomic mass is 35.5. The monoisotopic (exact) mass is 379 g/mol. The number of anilines is 1. The van der Waals surface area contributed by atoms with Crippen LogP contribution >= 0.6 is 23.4 Å². The van der Waals surface area contributed by atoms with Crippen molar-refractivity contribution in [2.24, 2.45) is 0 Å². The topological polar surface area (TPSA) is 20.3 Å². The lowest BCUT2D eigenvalue weighted by Gasteiger charge is -2.28. The minimum atomic E-state index is 0.0363. The highest BCUT2D eigenvalue weighted by molar-refractivity contribution is 7.98. The third-order valence-corrected chi connectivity index (χ3v) is 5.95. The highest BCUT2D eigenvalue weighted by Crippen LogP contribution is 2.39. The molecule has 0 saturated heterocycles. The van der Waals surface area contributed by atoms with Crippen molar-refractivity contribution in [3.63, 3.8) is 0 Å². The molecule has 0 fully saturated rings. The molecule has 0 aromatic heterocycles. The smallest absolute Gasteiger partial charge is 0.224 e. The van der Waals surface area contributed by atoms with E-state index < -0.39 is 0 Å². The van der Waals surface area contributed by atoms with Crippen LogP contribution in [0.25, 0.3) is 11.1 Å². The fourth-order valence-corrected chi connectivity index (χ4v) is 4.60. The van der Waals surface area contributed by atoms with Crippen molar-refractivity contribution in [3.8, 4) is 11.1 Å². The van der Waals surface area contributed by atoms with E-state index in [1.54, 1.807) is 18.7 Å². The van der Waals surface area contributed by atoms with Gasteiger partial charge >= 0.3 is 0 Å². The van der Waals surface area contributed by atoms with Crippen molar-refractivity contribution < 1.29 is 4.79 Å². The predicted octanol–water partition coefficient (Wildman–Crippen LogP) is 6.17. The third kappa shape index (κ3) is 3.37. The summed E-state index contributed by atoms with van der Waals surface area (Å²) in [5.41, 5.74) is 5.78. The zero-order chi connectivity index (χ0) is 18.1. The number of hydrogen-bond donors (Lipinski definition) is 0. The van der Waals surface area contributed by atoms with Crippen LogP contribution in [0.3, 0.4) is 0 Å². The Hall–Kier alpha value is -2.23. The largest absolute Gasteiger partial charge is 0.307 e. The van der Waals surface area contributed by atoms with E-state index in [0.717, 1.165) is 16.3 Å². The van der Waals surface area contributed by atoms with Gasteiger partial charge in [0.1, 0.15) is 0 Å². The zero-order valence-electron chi connectivity index (χ0n) is 14.4. The van der Waals surface area contributed by atoms with Gasteiger partial charge in [-0.05, 0) is 46.5 Å². The number of nitrogens with zero attached hydrogens (tertiary/aromatic N) is 1. The van der Waals surface area contributed by atoms with Gasteiger partial charge < -0.3 is 4.90 Å². The maximum absolute atomic E-state index is 12.3. The third-order valence-electron chi connectivity index (χ3n) is 4.62. The number of carbonyl (C=O) groups excluding carboxylic acids is 1. The molecule has 3 aromatic carbocycles. The Labute approximate surface area is 162 Å². The number of benzene rings is 3. The molecule has 0 bridgehead atoms. The average Bonchev–Trinajstić information content (AvgIpc) is 2.64. The van der Waals surface area contributed by atoms with Crippen LogP contribution in [0.2, 0.25) is 5.02 Å². The first-order valence-corrected chi connectivity index (χ1v) is 9.86. The SMILES string of the molecule is CC(=O)N1Cc2ccc(-c3ccccc3)cc2CSc2cc(Cl)ccc21. The van der Waals surface area contributed by atoms with E-state index in [0.29, 0.717) is 11.6 Å². The summed E-state index contributed by atoms with van der Waals surface area (Å²) in [7, 11) is 0. The van der Waals surface area contributed by atoms with E-state index in [1.807, 2.05) is 29.2 Å². The summed E-state index contributed by atoms with van der Waals surface area (Å²) < 4.78 is 0. The minimum absolute atomic E-state index is 0.0363. The molecule has 130 valence electrons. The standard InChI is InChI=1S/C22H18ClNOS/c1-15(25)24-13-18-8-7-17(16-5-3-2-4-6-16)11-19(18)14-26-22-12-20(23)9-10-21(22)24/h2-12H,13-14H2,1H3. The summed E-state index contributed by atoms with van der Waals surface area (Å²) in [5, 5.41) is 0.693. The van der Waals surface area contributed by atoms with Gasteiger partial charge in [-0.3, -0.25) is 4.79 Å². The second kappa shape index (κ2) is 7.18. The molecule has 1 amide bonds. The molecule has 26 heavy (non-hydrogen) atoms. The van der Waals surface area contributed by atoms with Crippen LogP contribution in [0.15, 0.2) is 71.6 Å². The Kier molecular flexibility index (Phi) is 4.75. The summed E-state index contributed by atoms with van der Waals surface area (Å²) in [5.74, 6) is 0.893. The van der Waals surface area contributed by atoms with Crippen molar-refractivity contribution in [2.75, 3.05) is 4.90 Å². The van der Waals surface area contributed by atoms with Gasteiger partial charge in [-0.25, -0.2) is 0 Å². The highest BCUT2D eigenvalue weighted by Gasteiger charge is 2.21. The number of rotatable bonds is 1. The van der Waals surface area contributed by atoms with Crippen molar-refractivity contribution in [3.05, 3.63) is 82.9 Å². The zero-order valence-corrected chi connectivity index (χ0v) is 16.0. The van der Waals surface area contributed by atoms with Gasteiger partial charge in [-0.2, -0.15) is 0 Å². The molecule has 4 heteroatoms. The lowest BCUT2D eigenvalue weighted by atomic mass is 9.99. The predicted molar refractivity (Wildman–Crippen MR) is 110 cm³/mol. The molecular formula is C22H18ClNOS. The Balaban J connectivity index is 1.77. The molecule has 4 rings (SSSR count). The molecule has 0 aliphatic carbocycles. The molecule has 0 saturated carbocycles. The maximum Gasteiger partial charge on any atom is 0.224 e. The van der Waals surface area contributed by atoms with Crippen molar-refractivity contribution >= 4 is 35.0 Å². The second-order valence-electron chi connectivity index (χ2n) is 6.36. The van der Waals surface area contributed by atoms with E-state index in [1.165, 1.54) is 22.3 Å². The van der Waals surface area contributed by atoms with Crippen LogP contribution in [-0.2, 0) is 17.1 Å². The molecule has 0 spiro atoms. The summed E-state index contributed by atoms with van der Waals surface area (Å²) in [6, 6.07) is 22.6. The fraction of sp³-hybridized carbons (Fsp3) is 0.136. The van der Waals surface area contributed by atoms with Crippen LogP contribution in [0, 0.1) is 0 Å². The lowest BCUT2D eigenvalue weighted by molar-refractivity contribution is -0.116. The van der Waals surface area contributed by atoms with Crippen molar-refractivity contribution in [1.82, 2.24) is 0 Å². The van der Waals surface area contributed by atoms with E-state index in [9.17, 15) is 4.79 Å². The van der Waals surface area contributed by atoms with Crippen LogP contribution in [0.5, 0.6) is 0 Å². The van der Waals surface area contributed by atoms with Gasteiger partial charge in [0, 0.05) is 22.6 Å². The van der Waals surface area contributed by atoms with Crippen LogP contribution in [0.4, 0.5) is 5.69 Å². The van der Waals surface area contributed by atoms with Gasteiger partial charge in [-0.15, -0.1) is 11.8 Å². The molecule has 3 aromatic rings. The molecular weight excluding hydrogens is 362 g/mol. The number of halogens is 1. The van der Waals surface area contributed by atoms with E-state index in [2.05, 4.69) is 42.5 Å². The van der Waals surface area contributed by atoms with Gasteiger partial charge in [0.05, 0.1) is 12.2 Å². The summed E-state index contributed by atoms with van der Waals surface area (Å²) in [6.45, 7) is 2.19. The summed E-state index contributed by atoms with van der Waals surface area (Å²) in [6.07, 6.45) is 0. The molecule has 1 heterocycles. The number of carbonyl (C=O) groups is 1. The number of thioether (sulfide) groups is 1. The first-order chi connectivity index (χ1) is 12.6. The fourth-order valence-electron chi connectivity index (χ4n) is 3.24. The Bertz CT molecular complexity index is 971. The average molecular weight is 380 g/mol. The van der Waals surface area contributed by atoms with Gasteiger partial charge in [0.25, 0.3) is 0 Å². The molecule has 1 aliphatic heterocycles. The van der Waals surface area contributed by atoms with Gasteiger partial charge in [-0.1, -0.05) is 54.1 Å². The Morgan fingerprint density at radius 3 is 2.54 bits per heavy atom. The molecule has 0 unspecified atom stereocenters. The molecule has 2 nitrogen and oxygen atoms in total. The van der Waals surface area contributed by atoms with Gasteiger partial charge in [0.2, 0.25) is 5.91 Å². The first kappa shape index (κ1) is 17.2. The second-order valence-corrected chi connectivity index (χ2v) is 7.81. The summed E-state index contributed by atoms with van der Waals surface area (Å²) >= 11 is 7.91. The molecule has 0 atom stereocenters. The number of hydrogen-bond acceptors (Lipinski definition) is 2. The van der Waals surface area contributed by atoms with E-state index >= 15 is 0 Å². The molecule has 0 radical (unpaired) electrons. The lowest BCUT2D eigenvalue weighted by Crippen LogP contribution is -2.29.